The summed E-state index contributed by atoms with van der Waals surface area (Å²) in [5, 5.41) is 15.3. The Morgan fingerprint density at radius 3 is 2.42 bits per heavy atom. The Hall–Kier alpha value is -4.48. The molecule has 0 bridgehead atoms. The van der Waals surface area contributed by atoms with E-state index in [1.807, 2.05) is 18.2 Å². The van der Waals surface area contributed by atoms with E-state index in [2.05, 4.69) is 15.6 Å². The zero-order valence-corrected chi connectivity index (χ0v) is 25.2. The van der Waals surface area contributed by atoms with Crippen LogP contribution in [0.2, 0.25) is 0 Å². The number of guanidine groups is 1. The first-order valence-electron chi connectivity index (χ1n) is 14.5. The normalized spacial score (nSPS) is 15.7. The molecular weight excluding hydrogens is 552 g/mol. The number of aryl methyl sites for hydroxylation is 1. The third-order valence-electron chi connectivity index (χ3n) is 7.49. The molecule has 12 nitrogen and oxygen atoms in total. The fourth-order valence-corrected chi connectivity index (χ4v) is 5.21. The van der Waals surface area contributed by atoms with Crippen LogP contribution in [0.5, 0.6) is 17.2 Å². The van der Waals surface area contributed by atoms with Crippen molar-refractivity contribution < 1.29 is 29.0 Å². The number of methoxy groups -OCH3 is 2. The van der Waals surface area contributed by atoms with E-state index in [0.717, 1.165) is 11.1 Å². The largest absolute Gasteiger partial charge is 0.508 e. The van der Waals surface area contributed by atoms with Crippen molar-refractivity contribution in [2.45, 2.75) is 63.5 Å². The lowest BCUT2D eigenvalue weighted by atomic mass is 9.90. The molecule has 1 fully saturated rings. The maximum atomic E-state index is 13.7. The number of amides is 3. The summed E-state index contributed by atoms with van der Waals surface area (Å²) in [7, 11) is 3.07. The molecule has 1 aliphatic rings. The minimum Gasteiger partial charge on any atom is -0.508 e. The van der Waals surface area contributed by atoms with Crippen LogP contribution in [0.15, 0.2) is 47.5 Å². The summed E-state index contributed by atoms with van der Waals surface area (Å²) in [6, 6.07) is 11.6. The molecule has 2 aromatic carbocycles. The highest BCUT2D eigenvalue weighted by Gasteiger charge is 2.40. The summed E-state index contributed by atoms with van der Waals surface area (Å²) in [6.45, 7) is 2.82. The van der Waals surface area contributed by atoms with Crippen molar-refractivity contribution >= 4 is 23.7 Å². The molecule has 0 radical (unpaired) electrons. The molecule has 3 amide bonds. The molecular formula is C31H44N6O6. The third-order valence-corrected chi connectivity index (χ3v) is 7.49. The lowest BCUT2D eigenvalue weighted by Crippen LogP contribution is -2.61. The van der Waals surface area contributed by atoms with Crippen molar-refractivity contribution in [3.05, 3.63) is 53.6 Å². The zero-order chi connectivity index (χ0) is 31.4. The number of phenolic OH excluding ortho intramolecular Hbond substituents is 1. The molecule has 0 aromatic heterocycles. The number of aromatic hydroxyl groups is 1. The average Bonchev–Trinajstić information content (AvgIpc) is 3.48. The van der Waals surface area contributed by atoms with Crippen LogP contribution in [0.3, 0.4) is 0 Å². The van der Waals surface area contributed by atoms with E-state index in [0.29, 0.717) is 69.7 Å². The second-order valence-electron chi connectivity index (χ2n) is 10.9. The third kappa shape index (κ3) is 9.52. The summed E-state index contributed by atoms with van der Waals surface area (Å²) < 4.78 is 10.8. The van der Waals surface area contributed by atoms with Gasteiger partial charge in [0.25, 0.3) is 0 Å². The number of nitrogens with two attached hydrogens (primary N) is 2. The van der Waals surface area contributed by atoms with E-state index in [4.69, 9.17) is 20.9 Å². The molecule has 2 atom stereocenters. The number of hydrogen-bond donors (Lipinski definition) is 5. The molecule has 43 heavy (non-hydrogen) atoms. The topological polar surface area (TPSA) is 182 Å². The fraction of sp³-hybridized carbons (Fsp3) is 0.484. The predicted molar refractivity (Wildman–Crippen MR) is 164 cm³/mol. The van der Waals surface area contributed by atoms with Gasteiger partial charge in [0, 0.05) is 32.5 Å². The van der Waals surface area contributed by atoms with Crippen LogP contribution in [-0.4, -0.2) is 79.1 Å². The van der Waals surface area contributed by atoms with Gasteiger partial charge in [-0.2, -0.15) is 0 Å². The highest BCUT2D eigenvalue weighted by atomic mass is 16.5. The van der Waals surface area contributed by atoms with Crippen molar-refractivity contribution in [1.82, 2.24) is 15.5 Å². The van der Waals surface area contributed by atoms with Crippen LogP contribution in [0, 0.1) is 0 Å². The molecule has 0 aliphatic carbocycles. The van der Waals surface area contributed by atoms with E-state index in [1.165, 1.54) is 7.11 Å². The number of carbonyl (C=O) groups excluding carboxylic acids is 3. The second kappa shape index (κ2) is 15.7. The van der Waals surface area contributed by atoms with Crippen molar-refractivity contribution in [2.75, 3.05) is 33.9 Å². The average molecular weight is 597 g/mol. The van der Waals surface area contributed by atoms with Crippen molar-refractivity contribution in [1.29, 1.82) is 0 Å². The highest BCUT2D eigenvalue weighted by molar-refractivity contribution is 5.94. The van der Waals surface area contributed by atoms with Crippen molar-refractivity contribution in [3.63, 3.8) is 0 Å². The number of likely N-dealkylation sites (tertiary alicyclic amines) is 1. The first-order chi connectivity index (χ1) is 20.6. The number of benzene rings is 2. The molecule has 7 N–H and O–H groups in total. The van der Waals surface area contributed by atoms with Crippen LogP contribution in [0.4, 0.5) is 0 Å². The molecule has 3 rings (SSSR count). The lowest BCUT2D eigenvalue weighted by molar-refractivity contribution is -0.141. The maximum Gasteiger partial charge on any atom is 0.245 e. The standard InChI is InChI=1S/C31H44N6O6/c1-31(29(41)34-16-6-17-35-30(32)33,20-22-12-15-25(42-2)26(19-22)43-3)36-28(40)24-8-5-18-37(24)27(39)9-4-7-21-10-13-23(38)14-11-21/h10-15,19,24,38H,4-9,16-18,20H2,1-3H3,(H,34,41)(H,36,40)(H4,32,33,35)/t24-,31-/m0/s1. The molecule has 0 spiro atoms. The molecule has 1 aliphatic heterocycles. The van der Waals surface area contributed by atoms with Crippen LogP contribution in [0.25, 0.3) is 0 Å². The quantitative estimate of drug-likeness (QED) is 0.117. The summed E-state index contributed by atoms with van der Waals surface area (Å²) in [4.78, 5) is 45.9. The number of nitrogens with zero attached hydrogens (tertiary/aromatic N) is 2. The Morgan fingerprint density at radius 2 is 1.74 bits per heavy atom. The van der Waals surface area contributed by atoms with Crippen molar-refractivity contribution in [2.24, 2.45) is 16.5 Å². The summed E-state index contributed by atoms with van der Waals surface area (Å²) in [5.41, 5.74) is 11.2. The summed E-state index contributed by atoms with van der Waals surface area (Å²) >= 11 is 0. The van der Waals surface area contributed by atoms with Gasteiger partial charge in [0.05, 0.1) is 14.2 Å². The second-order valence-corrected chi connectivity index (χ2v) is 10.9. The number of ether oxygens (including phenoxy) is 2. The van der Waals surface area contributed by atoms with Gasteiger partial charge in [-0.25, -0.2) is 0 Å². The van der Waals surface area contributed by atoms with E-state index in [-0.39, 0.29) is 35.9 Å². The SMILES string of the molecule is COc1ccc(C[C@](C)(NC(=O)[C@@H]2CCCN2C(=O)CCCc2ccc(O)cc2)C(=O)NCCCN=C(N)N)cc1OC. The monoisotopic (exact) mass is 596 g/mol. The predicted octanol–water partition coefficient (Wildman–Crippen LogP) is 1.62. The van der Waals surface area contributed by atoms with Crippen molar-refractivity contribution in [3.8, 4) is 17.2 Å². The molecule has 0 unspecified atom stereocenters. The highest BCUT2D eigenvalue weighted by Crippen LogP contribution is 2.29. The minimum absolute atomic E-state index is 0.0205. The Labute approximate surface area is 252 Å². The first kappa shape index (κ1) is 33.0. The van der Waals surface area contributed by atoms with Gasteiger partial charge in [0.2, 0.25) is 17.7 Å². The minimum atomic E-state index is -1.33. The van der Waals surface area contributed by atoms with E-state index < -0.39 is 11.6 Å². The number of aliphatic imine (C=N–C) groups is 1. The van der Waals surface area contributed by atoms with Gasteiger partial charge in [-0.15, -0.1) is 0 Å². The number of nitrogens with one attached hydrogen (secondary N) is 2. The van der Waals surface area contributed by atoms with Gasteiger partial charge in [-0.3, -0.25) is 19.4 Å². The van der Waals surface area contributed by atoms with Gasteiger partial charge >= 0.3 is 0 Å². The first-order valence-corrected chi connectivity index (χ1v) is 14.5. The number of carbonyl (C=O) groups is 3. The Kier molecular flexibility index (Phi) is 12.0. The molecule has 1 heterocycles. The van der Waals surface area contributed by atoms with Crippen LogP contribution < -0.4 is 31.6 Å². The van der Waals surface area contributed by atoms with Crippen LogP contribution >= 0.6 is 0 Å². The maximum absolute atomic E-state index is 13.7. The smallest absolute Gasteiger partial charge is 0.245 e. The molecule has 234 valence electrons. The summed E-state index contributed by atoms with van der Waals surface area (Å²) in [6.07, 6.45) is 3.50. The van der Waals surface area contributed by atoms with E-state index >= 15 is 0 Å². The molecule has 2 aromatic rings. The fourth-order valence-electron chi connectivity index (χ4n) is 5.21. The van der Waals surface area contributed by atoms with E-state index in [1.54, 1.807) is 43.2 Å². The van der Waals surface area contributed by atoms with Gasteiger partial charge in [0.1, 0.15) is 17.3 Å². The van der Waals surface area contributed by atoms with Gasteiger partial charge in [0.15, 0.2) is 17.5 Å². The molecule has 12 heteroatoms. The molecule has 0 saturated carbocycles. The summed E-state index contributed by atoms with van der Waals surface area (Å²) in [5.74, 6) is 0.393. The number of rotatable bonds is 15. The number of hydrogen-bond acceptors (Lipinski definition) is 7. The number of phenols is 1. The van der Waals surface area contributed by atoms with Gasteiger partial charge in [-0.1, -0.05) is 18.2 Å². The van der Waals surface area contributed by atoms with Crippen LogP contribution in [0.1, 0.15) is 50.2 Å². The lowest BCUT2D eigenvalue weighted by Gasteiger charge is -2.33. The zero-order valence-electron chi connectivity index (χ0n) is 25.2. The van der Waals surface area contributed by atoms with Gasteiger partial charge < -0.3 is 41.6 Å². The van der Waals surface area contributed by atoms with Gasteiger partial charge in [-0.05, 0) is 74.4 Å². The Bertz CT molecular complexity index is 1280. The van der Waals surface area contributed by atoms with E-state index in [9.17, 15) is 19.5 Å². The Morgan fingerprint density at radius 1 is 1.05 bits per heavy atom. The Balaban J connectivity index is 1.70. The van der Waals surface area contributed by atoms with Crippen LogP contribution in [-0.2, 0) is 27.2 Å². The molecule has 1 saturated heterocycles.